The predicted octanol–water partition coefficient (Wildman–Crippen LogP) is 2.91. The molecule has 9 nitrogen and oxygen atoms in total. The molecule has 0 atom stereocenters. The molecule has 184 valence electrons. The molecule has 0 aliphatic heterocycles. The fraction of sp³-hybridized carbons (Fsp3) is 0.360. The molecule has 2 aromatic carbocycles. The second kappa shape index (κ2) is 10.8. The van der Waals surface area contributed by atoms with E-state index in [1.165, 1.54) is 11.7 Å². The molecule has 0 spiro atoms. The normalized spacial score (nSPS) is 13.7. The summed E-state index contributed by atoms with van der Waals surface area (Å²) in [7, 11) is 1.49. The largest absolute Gasteiger partial charge is 0.495 e. The number of nitrogens with one attached hydrogen (secondary N) is 2. The van der Waals surface area contributed by atoms with Crippen molar-refractivity contribution >= 4 is 40.0 Å². The molecular formula is C25H27ClN4O5. The summed E-state index contributed by atoms with van der Waals surface area (Å²) in [5.41, 5.74) is -0.352. The van der Waals surface area contributed by atoms with Crippen LogP contribution in [-0.4, -0.2) is 34.1 Å². The van der Waals surface area contributed by atoms with Crippen LogP contribution in [0.1, 0.15) is 32.1 Å². The Morgan fingerprint density at radius 1 is 1.06 bits per heavy atom. The van der Waals surface area contributed by atoms with Gasteiger partial charge in [0.1, 0.15) is 12.3 Å². The summed E-state index contributed by atoms with van der Waals surface area (Å²) in [6.07, 6.45) is 4.07. The molecule has 0 unspecified atom stereocenters. The minimum Gasteiger partial charge on any atom is -0.495 e. The number of para-hydroxylation sites is 1. The molecule has 4 rings (SSSR count). The first-order valence-corrected chi connectivity index (χ1v) is 11.9. The zero-order valence-electron chi connectivity index (χ0n) is 19.4. The van der Waals surface area contributed by atoms with Crippen molar-refractivity contribution in [3.63, 3.8) is 0 Å². The Balaban J connectivity index is 1.57. The number of nitrogens with zero attached hydrogens (tertiary/aromatic N) is 2. The number of anilines is 1. The topological polar surface area (TPSA) is 111 Å². The average Bonchev–Trinajstić information content (AvgIpc) is 3.35. The van der Waals surface area contributed by atoms with Crippen molar-refractivity contribution in [3.8, 4) is 5.75 Å². The van der Waals surface area contributed by atoms with Crippen molar-refractivity contribution in [3.05, 3.63) is 68.3 Å². The molecule has 3 aromatic rings. The van der Waals surface area contributed by atoms with Crippen LogP contribution in [0.25, 0.3) is 10.9 Å². The molecular weight excluding hydrogens is 472 g/mol. The number of rotatable bonds is 8. The van der Waals surface area contributed by atoms with Crippen LogP contribution >= 0.6 is 11.6 Å². The van der Waals surface area contributed by atoms with Crippen molar-refractivity contribution in [2.75, 3.05) is 12.4 Å². The van der Waals surface area contributed by atoms with Crippen LogP contribution in [0.4, 0.5) is 5.69 Å². The minimum absolute atomic E-state index is 0.000526. The zero-order chi connectivity index (χ0) is 24.9. The number of halogens is 1. The summed E-state index contributed by atoms with van der Waals surface area (Å²) in [5.74, 6) is -0.198. The van der Waals surface area contributed by atoms with Crippen molar-refractivity contribution in [2.24, 2.45) is 0 Å². The highest BCUT2D eigenvalue weighted by Gasteiger charge is 2.19. The summed E-state index contributed by atoms with van der Waals surface area (Å²) in [6.45, 7) is -0.395. The molecule has 1 saturated carbocycles. The van der Waals surface area contributed by atoms with E-state index in [0.717, 1.165) is 30.3 Å². The van der Waals surface area contributed by atoms with Gasteiger partial charge in [-0.15, -0.1) is 0 Å². The third-order valence-corrected chi connectivity index (χ3v) is 6.45. The van der Waals surface area contributed by atoms with Crippen LogP contribution in [-0.2, 0) is 22.7 Å². The maximum absolute atomic E-state index is 13.3. The Hall–Kier alpha value is -3.59. The number of aromatic nitrogens is 2. The van der Waals surface area contributed by atoms with Gasteiger partial charge >= 0.3 is 5.69 Å². The van der Waals surface area contributed by atoms with Gasteiger partial charge in [0.05, 0.1) is 23.0 Å². The predicted molar refractivity (Wildman–Crippen MR) is 134 cm³/mol. The van der Waals surface area contributed by atoms with Crippen molar-refractivity contribution in [1.29, 1.82) is 0 Å². The highest BCUT2D eigenvalue weighted by atomic mass is 35.5. The Labute approximate surface area is 206 Å². The molecule has 1 heterocycles. The fourth-order valence-corrected chi connectivity index (χ4v) is 4.65. The van der Waals surface area contributed by atoms with Gasteiger partial charge in [0.2, 0.25) is 11.8 Å². The second-order valence-electron chi connectivity index (χ2n) is 8.54. The number of hydrogen-bond donors (Lipinski definition) is 2. The zero-order valence-corrected chi connectivity index (χ0v) is 20.1. The van der Waals surface area contributed by atoms with Gasteiger partial charge in [0, 0.05) is 24.7 Å². The van der Waals surface area contributed by atoms with Crippen LogP contribution in [0.2, 0.25) is 5.02 Å². The second-order valence-corrected chi connectivity index (χ2v) is 8.95. The quantitative estimate of drug-likeness (QED) is 0.496. The third kappa shape index (κ3) is 5.57. The van der Waals surface area contributed by atoms with E-state index in [2.05, 4.69) is 10.6 Å². The van der Waals surface area contributed by atoms with Crippen LogP contribution in [0.5, 0.6) is 5.75 Å². The lowest BCUT2D eigenvalue weighted by atomic mass is 10.2. The first kappa shape index (κ1) is 24.5. The van der Waals surface area contributed by atoms with Crippen molar-refractivity contribution in [2.45, 2.75) is 51.2 Å². The van der Waals surface area contributed by atoms with Crippen LogP contribution in [0.15, 0.2) is 52.1 Å². The van der Waals surface area contributed by atoms with E-state index >= 15 is 0 Å². The molecule has 1 aromatic heterocycles. The van der Waals surface area contributed by atoms with E-state index in [4.69, 9.17) is 16.3 Å². The lowest BCUT2D eigenvalue weighted by Crippen LogP contribution is -2.43. The maximum atomic E-state index is 13.3. The summed E-state index contributed by atoms with van der Waals surface area (Å²) in [4.78, 5) is 51.5. The van der Waals surface area contributed by atoms with E-state index in [0.29, 0.717) is 27.4 Å². The lowest BCUT2D eigenvalue weighted by Gasteiger charge is -2.15. The van der Waals surface area contributed by atoms with Gasteiger partial charge in [-0.1, -0.05) is 36.6 Å². The Morgan fingerprint density at radius 3 is 2.51 bits per heavy atom. The van der Waals surface area contributed by atoms with Crippen molar-refractivity contribution < 1.29 is 14.3 Å². The lowest BCUT2D eigenvalue weighted by molar-refractivity contribution is -0.122. The summed E-state index contributed by atoms with van der Waals surface area (Å²) in [5, 5.41) is 6.30. The van der Waals surface area contributed by atoms with Crippen LogP contribution < -0.4 is 26.6 Å². The first-order chi connectivity index (χ1) is 16.9. The monoisotopic (exact) mass is 498 g/mol. The Bertz CT molecular complexity index is 1370. The Morgan fingerprint density at radius 2 is 1.80 bits per heavy atom. The van der Waals surface area contributed by atoms with Crippen molar-refractivity contribution in [1.82, 2.24) is 14.5 Å². The van der Waals surface area contributed by atoms with Gasteiger partial charge in [-0.3, -0.25) is 23.5 Å². The van der Waals surface area contributed by atoms with Gasteiger partial charge in [0.25, 0.3) is 5.56 Å². The number of carbonyl (C=O) groups excluding carboxylic acids is 2. The molecule has 2 N–H and O–H groups in total. The maximum Gasteiger partial charge on any atom is 0.331 e. The van der Waals surface area contributed by atoms with E-state index < -0.39 is 17.2 Å². The van der Waals surface area contributed by atoms with E-state index in [1.807, 2.05) is 0 Å². The average molecular weight is 499 g/mol. The number of fused-ring (bicyclic) bond motifs is 1. The summed E-state index contributed by atoms with van der Waals surface area (Å²) >= 11 is 6.13. The molecule has 0 saturated heterocycles. The molecule has 1 aliphatic carbocycles. The third-order valence-electron chi connectivity index (χ3n) is 6.15. The molecule has 0 radical (unpaired) electrons. The molecule has 0 bridgehead atoms. The van der Waals surface area contributed by atoms with Gasteiger partial charge in [0.15, 0.2) is 0 Å². The highest BCUT2D eigenvalue weighted by molar-refractivity contribution is 6.32. The molecule has 1 fully saturated rings. The van der Waals surface area contributed by atoms with E-state index in [1.54, 1.807) is 42.5 Å². The van der Waals surface area contributed by atoms with Crippen LogP contribution in [0.3, 0.4) is 0 Å². The van der Waals surface area contributed by atoms with Crippen LogP contribution in [0, 0.1) is 0 Å². The SMILES string of the molecule is COc1ccc(NC(=O)Cn2c(=O)n(CCC(=O)NC3CCCC3)c(=O)c3ccccc32)cc1Cl. The molecule has 1 aliphatic rings. The van der Waals surface area contributed by atoms with Gasteiger partial charge in [-0.05, 0) is 43.2 Å². The number of methoxy groups -OCH3 is 1. The number of amides is 2. The molecule has 35 heavy (non-hydrogen) atoms. The summed E-state index contributed by atoms with van der Waals surface area (Å²) < 4.78 is 7.38. The number of hydrogen-bond acceptors (Lipinski definition) is 5. The minimum atomic E-state index is -0.648. The molecule has 2 amide bonds. The smallest absolute Gasteiger partial charge is 0.331 e. The standard InChI is InChI=1S/C25H27ClN4O5/c1-35-21-11-10-17(14-19(21)26)28-23(32)15-30-20-9-5-4-8-18(20)24(33)29(25(30)34)13-12-22(31)27-16-6-2-3-7-16/h4-5,8-11,14,16H,2-3,6-7,12-13,15H2,1H3,(H,27,31)(H,28,32). The number of benzene rings is 2. The first-order valence-electron chi connectivity index (χ1n) is 11.5. The highest BCUT2D eigenvalue weighted by Crippen LogP contribution is 2.27. The number of ether oxygens (including phenoxy) is 1. The summed E-state index contributed by atoms with van der Waals surface area (Å²) in [6, 6.07) is 11.6. The molecule has 10 heteroatoms. The number of carbonyl (C=O) groups is 2. The van der Waals surface area contributed by atoms with Gasteiger partial charge in [-0.2, -0.15) is 0 Å². The van der Waals surface area contributed by atoms with E-state index in [9.17, 15) is 19.2 Å². The van der Waals surface area contributed by atoms with Gasteiger partial charge < -0.3 is 15.4 Å². The van der Waals surface area contributed by atoms with E-state index in [-0.39, 0.29) is 31.5 Å². The fourth-order valence-electron chi connectivity index (χ4n) is 4.39. The van der Waals surface area contributed by atoms with Gasteiger partial charge in [-0.25, -0.2) is 4.79 Å². The Kier molecular flexibility index (Phi) is 7.55.